The molecule has 19 heavy (non-hydrogen) atoms. The lowest BCUT2D eigenvalue weighted by molar-refractivity contribution is -0.144. The minimum absolute atomic E-state index is 0.0174. The molecule has 1 fully saturated rings. The number of carboxylic acid groups (broad SMARTS) is 1. The highest BCUT2D eigenvalue weighted by molar-refractivity contribution is 7.92. The average molecular weight is 312 g/mol. The molecule has 2 N–H and O–H groups in total. The monoisotopic (exact) mass is 312 g/mol. The van der Waals surface area contributed by atoms with Gasteiger partial charge in [-0.15, -0.1) is 0 Å². The number of aliphatic carboxylic acids is 1. The van der Waals surface area contributed by atoms with Gasteiger partial charge < -0.3 is 10.2 Å². The molecule has 0 aromatic heterocycles. The summed E-state index contributed by atoms with van der Waals surface area (Å²) in [5.41, 5.74) is -1.12. The van der Waals surface area contributed by atoms with Gasteiger partial charge in [0.1, 0.15) is 9.84 Å². The van der Waals surface area contributed by atoms with Crippen molar-refractivity contribution in [2.24, 2.45) is 5.92 Å². The van der Waals surface area contributed by atoms with Crippen molar-refractivity contribution in [1.29, 1.82) is 0 Å². The summed E-state index contributed by atoms with van der Waals surface area (Å²) in [6.07, 6.45) is 2.42. The van der Waals surface area contributed by atoms with Crippen LogP contribution in [0.4, 0.5) is 0 Å². The fraction of sp³-hybridized carbons (Fsp3) is 0.909. The SMILES string of the molecule is CS(=O)(=O)CCS(=O)CC1(O)CCC(C(=O)O)CC1. The standard InChI is InChI=1S/C11H20O6S2/c1-19(16,17)7-6-18(15)8-11(14)4-2-9(3-5-11)10(12)13/h9,14H,2-8H2,1H3,(H,12,13). The van der Waals surface area contributed by atoms with Crippen molar-refractivity contribution >= 4 is 26.6 Å². The third kappa shape index (κ3) is 6.01. The molecule has 0 radical (unpaired) electrons. The molecule has 0 heterocycles. The van der Waals surface area contributed by atoms with Crippen LogP contribution in [0.3, 0.4) is 0 Å². The molecule has 1 aliphatic carbocycles. The quantitative estimate of drug-likeness (QED) is 0.702. The van der Waals surface area contributed by atoms with Crippen molar-refractivity contribution in [3.8, 4) is 0 Å². The summed E-state index contributed by atoms with van der Waals surface area (Å²) in [4.78, 5) is 10.8. The Hall–Kier alpha value is -0.470. The molecule has 1 saturated carbocycles. The molecule has 0 spiro atoms. The smallest absolute Gasteiger partial charge is 0.306 e. The second-order valence-corrected chi connectivity index (χ2v) is 9.09. The predicted molar refractivity (Wildman–Crippen MR) is 72.1 cm³/mol. The van der Waals surface area contributed by atoms with Crippen molar-refractivity contribution in [1.82, 2.24) is 0 Å². The Morgan fingerprint density at radius 1 is 1.37 bits per heavy atom. The zero-order valence-corrected chi connectivity index (χ0v) is 12.5. The average Bonchev–Trinajstić information content (AvgIpc) is 2.25. The number of carboxylic acids is 1. The van der Waals surface area contributed by atoms with Gasteiger partial charge >= 0.3 is 5.97 Å². The van der Waals surface area contributed by atoms with E-state index in [4.69, 9.17) is 5.11 Å². The molecule has 1 unspecified atom stereocenters. The predicted octanol–water partition coefficient (Wildman–Crippen LogP) is -0.214. The van der Waals surface area contributed by atoms with E-state index >= 15 is 0 Å². The van der Waals surface area contributed by atoms with Gasteiger partial charge in [0.25, 0.3) is 0 Å². The molecule has 1 rings (SSSR count). The molecular weight excluding hydrogens is 292 g/mol. The second kappa shape index (κ2) is 6.32. The Bertz CT molecular complexity index is 448. The van der Waals surface area contributed by atoms with Gasteiger partial charge in [-0.3, -0.25) is 9.00 Å². The molecule has 6 nitrogen and oxygen atoms in total. The molecule has 1 atom stereocenters. The second-order valence-electron chi connectivity index (χ2n) is 5.26. The Morgan fingerprint density at radius 2 is 1.89 bits per heavy atom. The maximum absolute atomic E-state index is 11.7. The number of aliphatic hydroxyl groups is 1. The first-order valence-corrected chi connectivity index (χ1v) is 9.64. The summed E-state index contributed by atoms with van der Waals surface area (Å²) in [7, 11) is -4.55. The molecule has 112 valence electrons. The van der Waals surface area contributed by atoms with Crippen molar-refractivity contribution in [2.75, 3.05) is 23.5 Å². The highest BCUT2D eigenvalue weighted by Crippen LogP contribution is 2.32. The van der Waals surface area contributed by atoms with Crippen LogP contribution < -0.4 is 0 Å². The molecule has 0 aromatic rings. The van der Waals surface area contributed by atoms with Gasteiger partial charge in [-0.1, -0.05) is 0 Å². The van der Waals surface area contributed by atoms with Crippen LogP contribution in [0.2, 0.25) is 0 Å². The molecule has 8 heteroatoms. The zero-order chi connectivity index (χ0) is 14.7. The summed E-state index contributed by atoms with van der Waals surface area (Å²) in [5, 5.41) is 19.1. The van der Waals surface area contributed by atoms with Gasteiger partial charge in [0.2, 0.25) is 0 Å². The Morgan fingerprint density at radius 3 is 2.32 bits per heavy atom. The zero-order valence-electron chi connectivity index (χ0n) is 10.9. The summed E-state index contributed by atoms with van der Waals surface area (Å²) in [5.74, 6) is -1.42. The first-order valence-electron chi connectivity index (χ1n) is 6.09. The van der Waals surface area contributed by atoms with Gasteiger partial charge in [-0.2, -0.15) is 0 Å². The van der Waals surface area contributed by atoms with Crippen LogP contribution in [-0.4, -0.2) is 57.9 Å². The normalized spacial score (nSPS) is 29.9. The van der Waals surface area contributed by atoms with E-state index in [1.165, 1.54) is 0 Å². The Balaban J connectivity index is 2.44. The maximum Gasteiger partial charge on any atom is 0.306 e. The van der Waals surface area contributed by atoms with Crippen LogP contribution >= 0.6 is 0 Å². The molecule has 0 saturated heterocycles. The molecule has 0 bridgehead atoms. The van der Waals surface area contributed by atoms with Crippen molar-refractivity contribution in [3.63, 3.8) is 0 Å². The van der Waals surface area contributed by atoms with Crippen molar-refractivity contribution in [2.45, 2.75) is 31.3 Å². The lowest BCUT2D eigenvalue weighted by Gasteiger charge is -2.34. The van der Waals surface area contributed by atoms with Crippen LogP contribution in [0.5, 0.6) is 0 Å². The highest BCUT2D eigenvalue weighted by Gasteiger charge is 2.37. The van der Waals surface area contributed by atoms with Crippen LogP contribution in [-0.2, 0) is 25.4 Å². The van der Waals surface area contributed by atoms with E-state index in [0.29, 0.717) is 25.7 Å². The number of hydrogen-bond donors (Lipinski definition) is 2. The van der Waals surface area contributed by atoms with E-state index in [0.717, 1.165) is 6.26 Å². The largest absolute Gasteiger partial charge is 0.481 e. The summed E-state index contributed by atoms with van der Waals surface area (Å²) in [6.45, 7) is 0. The topological polar surface area (TPSA) is 109 Å². The number of carbonyl (C=O) groups is 1. The summed E-state index contributed by atoms with van der Waals surface area (Å²) in [6, 6.07) is 0. The third-order valence-corrected chi connectivity index (χ3v) is 6.10. The molecule has 0 aromatic carbocycles. The lowest BCUT2D eigenvalue weighted by atomic mass is 9.80. The third-order valence-electron chi connectivity index (χ3n) is 3.38. The van der Waals surface area contributed by atoms with Gasteiger partial charge in [0.15, 0.2) is 0 Å². The van der Waals surface area contributed by atoms with Crippen molar-refractivity contribution in [3.05, 3.63) is 0 Å². The minimum Gasteiger partial charge on any atom is -0.481 e. The van der Waals surface area contributed by atoms with Crippen LogP contribution in [0.15, 0.2) is 0 Å². The highest BCUT2D eigenvalue weighted by atomic mass is 32.2. The van der Waals surface area contributed by atoms with Crippen molar-refractivity contribution < 1.29 is 27.6 Å². The van der Waals surface area contributed by atoms with E-state index in [1.54, 1.807) is 0 Å². The van der Waals surface area contributed by atoms with Gasteiger partial charge in [0.05, 0.1) is 23.0 Å². The van der Waals surface area contributed by atoms with E-state index in [9.17, 15) is 22.5 Å². The number of rotatable bonds is 6. The first-order chi connectivity index (χ1) is 8.61. The molecule has 1 aliphatic rings. The minimum atomic E-state index is -3.15. The van der Waals surface area contributed by atoms with E-state index in [2.05, 4.69) is 0 Å². The van der Waals surface area contributed by atoms with E-state index in [1.807, 2.05) is 0 Å². The molecule has 0 aliphatic heterocycles. The summed E-state index contributed by atoms with van der Waals surface area (Å²) < 4.78 is 33.7. The Kier molecular flexibility index (Phi) is 5.52. The van der Waals surface area contributed by atoms with Gasteiger partial charge in [-0.25, -0.2) is 8.42 Å². The first kappa shape index (κ1) is 16.6. The van der Waals surface area contributed by atoms with E-state index in [-0.39, 0.29) is 17.3 Å². The maximum atomic E-state index is 11.7. The number of hydrogen-bond acceptors (Lipinski definition) is 5. The lowest BCUT2D eigenvalue weighted by Crippen LogP contribution is -2.41. The molecule has 0 amide bonds. The van der Waals surface area contributed by atoms with Crippen LogP contribution in [0, 0.1) is 5.92 Å². The van der Waals surface area contributed by atoms with Gasteiger partial charge in [0, 0.05) is 22.8 Å². The van der Waals surface area contributed by atoms with Crippen LogP contribution in [0.25, 0.3) is 0 Å². The fourth-order valence-corrected chi connectivity index (χ4v) is 5.15. The summed E-state index contributed by atoms with van der Waals surface area (Å²) >= 11 is 0. The van der Waals surface area contributed by atoms with Gasteiger partial charge in [-0.05, 0) is 25.7 Å². The van der Waals surface area contributed by atoms with E-state index < -0.39 is 38.1 Å². The fourth-order valence-electron chi connectivity index (χ4n) is 2.16. The molecular formula is C11H20O6S2. The number of sulfone groups is 1. The van der Waals surface area contributed by atoms with Crippen LogP contribution in [0.1, 0.15) is 25.7 Å². The Labute approximate surface area is 115 Å².